The van der Waals surface area contributed by atoms with Gasteiger partial charge in [0.05, 0.1) is 36.3 Å². The lowest BCUT2D eigenvalue weighted by molar-refractivity contribution is -0.110. The summed E-state index contributed by atoms with van der Waals surface area (Å²) < 4.78 is 40.4. The number of rotatable bonds is 12. The number of anilines is 1. The molecule has 190 valence electrons. The Morgan fingerprint density at radius 1 is 1.09 bits per heavy atom. The van der Waals surface area contributed by atoms with E-state index >= 15 is 0 Å². The summed E-state index contributed by atoms with van der Waals surface area (Å²) in [6.45, 7) is 0.352. The van der Waals surface area contributed by atoms with E-state index in [-0.39, 0.29) is 34.4 Å². The van der Waals surface area contributed by atoms with Gasteiger partial charge in [-0.3, -0.25) is 4.79 Å². The molecule has 1 aromatic heterocycles. The summed E-state index contributed by atoms with van der Waals surface area (Å²) in [5, 5.41) is 6.77. The van der Waals surface area contributed by atoms with Crippen LogP contribution in [0, 0.1) is 0 Å². The van der Waals surface area contributed by atoms with Crippen LogP contribution in [-0.4, -0.2) is 75.9 Å². The number of methoxy groups -OCH3 is 3. The van der Waals surface area contributed by atoms with Crippen LogP contribution in [0.1, 0.15) is 31.2 Å². The van der Waals surface area contributed by atoms with Crippen molar-refractivity contribution in [3.63, 3.8) is 0 Å². The monoisotopic (exact) mass is 506 g/mol. The first-order chi connectivity index (χ1) is 16.9. The predicted molar refractivity (Wildman–Crippen MR) is 128 cm³/mol. The van der Waals surface area contributed by atoms with Crippen molar-refractivity contribution in [2.45, 2.75) is 42.8 Å². The van der Waals surface area contributed by atoms with E-state index in [1.54, 1.807) is 7.11 Å². The maximum atomic E-state index is 13.1. The second kappa shape index (κ2) is 12.6. The van der Waals surface area contributed by atoms with Gasteiger partial charge in [-0.25, -0.2) is 18.4 Å². The van der Waals surface area contributed by atoms with Gasteiger partial charge in [-0.1, -0.05) is 17.3 Å². The van der Waals surface area contributed by atoms with E-state index in [4.69, 9.17) is 19.0 Å². The Balaban J connectivity index is 1.81. The van der Waals surface area contributed by atoms with Crippen molar-refractivity contribution in [3.8, 4) is 5.88 Å². The Hall–Kier alpha value is -3.09. The number of aromatic nitrogens is 2. The molecule has 1 aromatic carbocycles. The minimum absolute atomic E-state index is 0.0215. The van der Waals surface area contributed by atoms with Gasteiger partial charge in [-0.15, -0.1) is 0 Å². The lowest BCUT2D eigenvalue weighted by Crippen LogP contribution is -2.25. The van der Waals surface area contributed by atoms with Crippen molar-refractivity contribution in [1.82, 2.24) is 9.97 Å². The molecular formula is C23H30N4O7S. The molecule has 1 amide bonds. The largest absolute Gasteiger partial charge is 0.480 e. The molecule has 0 unspecified atom stereocenters. The number of carbonyl (C=O) groups excluding carboxylic acids is 1. The minimum Gasteiger partial charge on any atom is -0.480 e. The molecule has 2 aromatic rings. The number of amides is 1. The number of carbonyl (C=O) groups is 1. The van der Waals surface area contributed by atoms with Crippen molar-refractivity contribution < 1.29 is 32.3 Å². The first-order valence-corrected chi connectivity index (χ1v) is 12.8. The first kappa shape index (κ1) is 26.5. The quantitative estimate of drug-likeness (QED) is 0.261. The number of nitrogens with zero attached hydrogens (tertiary/aromatic N) is 3. The molecule has 35 heavy (non-hydrogen) atoms. The van der Waals surface area contributed by atoms with E-state index < -0.39 is 15.7 Å². The highest BCUT2D eigenvalue weighted by Crippen LogP contribution is 2.24. The maximum absolute atomic E-state index is 13.1. The normalized spacial score (nSPS) is 18.3. The molecule has 1 fully saturated rings. The topological polar surface area (TPSA) is 138 Å². The highest BCUT2D eigenvalue weighted by Gasteiger charge is 2.27. The maximum Gasteiger partial charge on any atom is 0.279 e. The summed E-state index contributed by atoms with van der Waals surface area (Å²) in [4.78, 5) is 27.0. The van der Waals surface area contributed by atoms with Crippen LogP contribution in [0.5, 0.6) is 5.88 Å². The molecule has 0 radical (unpaired) electrons. The predicted octanol–water partition coefficient (Wildman–Crippen LogP) is 2.22. The lowest BCUT2D eigenvalue weighted by Gasteiger charge is -2.12. The fourth-order valence-corrected chi connectivity index (χ4v) is 4.84. The van der Waals surface area contributed by atoms with Crippen molar-refractivity contribution in [2.24, 2.45) is 5.16 Å². The summed E-state index contributed by atoms with van der Waals surface area (Å²) >= 11 is 0. The Labute approximate surface area is 204 Å². The average molecular weight is 507 g/mol. The Kier molecular flexibility index (Phi) is 9.52. The number of oxime groups is 1. The van der Waals surface area contributed by atoms with Gasteiger partial charge >= 0.3 is 0 Å². The number of benzene rings is 1. The van der Waals surface area contributed by atoms with Crippen LogP contribution >= 0.6 is 0 Å². The van der Waals surface area contributed by atoms with Crippen molar-refractivity contribution >= 4 is 27.3 Å². The van der Waals surface area contributed by atoms with Crippen LogP contribution in [0.25, 0.3) is 0 Å². The second-order valence-electron chi connectivity index (χ2n) is 7.93. The van der Waals surface area contributed by atoms with Gasteiger partial charge in [-0.2, -0.15) is 0 Å². The molecule has 3 rings (SSSR count). The first-order valence-electron chi connectivity index (χ1n) is 11.1. The van der Waals surface area contributed by atoms with Gasteiger partial charge < -0.3 is 24.4 Å². The second-order valence-corrected chi connectivity index (χ2v) is 10.0. The van der Waals surface area contributed by atoms with Crippen molar-refractivity contribution in [3.05, 3.63) is 42.2 Å². The summed E-state index contributed by atoms with van der Waals surface area (Å²) in [5.74, 6) is -0.123. The molecule has 0 aliphatic heterocycles. The molecule has 2 atom stereocenters. The third kappa shape index (κ3) is 7.44. The third-order valence-corrected chi connectivity index (χ3v) is 7.32. The van der Waals surface area contributed by atoms with Crippen LogP contribution in [0.3, 0.4) is 0 Å². The van der Waals surface area contributed by atoms with Crippen LogP contribution < -0.4 is 10.1 Å². The summed E-state index contributed by atoms with van der Waals surface area (Å²) in [6.07, 6.45) is 5.26. The summed E-state index contributed by atoms with van der Waals surface area (Å²) in [5.41, 5.74) is 0.368. The molecule has 1 saturated carbocycles. The number of hydrogen-bond donors (Lipinski definition) is 1. The molecule has 0 spiro atoms. The van der Waals surface area contributed by atoms with Gasteiger partial charge in [-0.05, 0) is 31.4 Å². The zero-order chi connectivity index (χ0) is 25.3. The zero-order valence-corrected chi connectivity index (χ0v) is 20.8. The third-order valence-electron chi connectivity index (χ3n) is 5.51. The molecule has 12 heteroatoms. The zero-order valence-electron chi connectivity index (χ0n) is 20.0. The van der Waals surface area contributed by atoms with Crippen LogP contribution in [0.15, 0.2) is 46.7 Å². The molecule has 11 nitrogen and oxygen atoms in total. The number of sulfone groups is 1. The Morgan fingerprint density at radius 3 is 2.43 bits per heavy atom. The molecule has 1 aliphatic rings. The molecule has 1 N–H and O–H groups in total. The molecule has 0 bridgehead atoms. The highest BCUT2D eigenvalue weighted by molar-refractivity contribution is 7.91. The van der Waals surface area contributed by atoms with E-state index in [1.165, 1.54) is 50.9 Å². The summed E-state index contributed by atoms with van der Waals surface area (Å²) in [6, 6.07) is 5.95. The van der Waals surface area contributed by atoms with E-state index in [2.05, 4.69) is 20.4 Å². The SMILES string of the molecule is COCCCS(=O)(=O)c1ccc(C(=NO[C@@H]2CC[C@@H](OC)C2)C(=O)Nc2cnc(OC)cn2)cc1. The van der Waals surface area contributed by atoms with E-state index in [1.807, 2.05) is 0 Å². The number of nitrogens with one attached hydrogen (secondary N) is 1. The van der Waals surface area contributed by atoms with Crippen LogP contribution in [0.4, 0.5) is 5.82 Å². The van der Waals surface area contributed by atoms with Crippen molar-refractivity contribution in [2.75, 3.05) is 39.0 Å². The Bertz CT molecular complexity index is 1110. The molecular weight excluding hydrogens is 476 g/mol. The fraction of sp³-hybridized carbons (Fsp3) is 0.478. The van der Waals surface area contributed by atoms with Gasteiger partial charge in [0.1, 0.15) is 6.10 Å². The van der Waals surface area contributed by atoms with E-state index in [9.17, 15) is 13.2 Å². The van der Waals surface area contributed by atoms with Crippen molar-refractivity contribution in [1.29, 1.82) is 0 Å². The molecule has 0 saturated heterocycles. The lowest BCUT2D eigenvalue weighted by atomic mass is 10.1. The average Bonchev–Trinajstić information content (AvgIpc) is 3.33. The van der Waals surface area contributed by atoms with Gasteiger partial charge in [0.15, 0.2) is 21.4 Å². The Morgan fingerprint density at radius 2 is 1.83 bits per heavy atom. The number of hydrogen-bond acceptors (Lipinski definition) is 10. The standard InChI is InChI=1S/C23H30N4O7S/c1-31-11-4-12-35(29,30)19-9-5-16(6-10-19)22(27-34-18-8-7-17(13-18)32-2)23(28)26-20-14-25-21(33-3)15-24-20/h5-6,9-10,14-15,17-18H,4,7-8,11-13H2,1-3H3,(H,24,26,28)/t17-,18-/m1/s1. The van der Waals surface area contributed by atoms with Crippen LogP contribution in [-0.2, 0) is 28.9 Å². The highest BCUT2D eigenvalue weighted by atomic mass is 32.2. The smallest absolute Gasteiger partial charge is 0.279 e. The molecule has 1 heterocycles. The number of ether oxygens (including phenoxy) is 3. The fourth-order valence-electron chi connectivity index (χ4n) is 3.56. The van der Waals surface area contributed by atoms with Gasteiger partial charge in [0.25, 0.3) is 5.91 Å². The van der Waals surface area contributed by atoms with Gasteiger partial charge in [0.2, 0.25) is 5.88 Å². The van der Waals surface area contributed by atoms with E-state index in [0.29, 0.717) is 30.9 Å². The van der Waals surface area contributed by atoms with Gasteiger partial charge in [0, 0.05) is 32.8 Å². The molecule has 1 aliphatic carbocycles. The summed E-state index contributed by atoms with van der Waals surface area (Å²) in [7, 11) is 1.15. The minimum atomic E-state index is -3.48. The van der Waals surface area contributed by atoms with E-state index in [0.717, 1.165) is 12.8 Å². The van der Waals surface area contributed by atoms with Crippen LogP contribution in [0.2, 0.25) is 0 Å².